The number of aryl methyl sites for hydroxylation is 1. The Balaban J connectivity index is 1.72. The van der Waals surface area contributed by atoms with E-state index in [0.29, 0.717) is 22.4 Å². The first kappa shape index (κ1) is 20.9. The van der Waals surface area contributed by atoms with Gasteiger partial charge in [0.15, 0.2) is 5.17 Å². The number of aliphatic imine (C=N–C) groups is 1. The highest BCUT2D eigenvalue weighted by Crippen LogP contribution is 2.32. The van der Waals surface area contributed by atoms with Gasteiger partial charge in [-0.05, 0) is 55.8 Å². The molecule has 1 aliphatic rings. The number of anilines is 1. The molecule has 0 bridgehead atoms. The maximum absolute atomic E-state index is 12.7. The summed E-state index contributed by atoms with van der Waals surface area (Å²) in [6, 6.07) is 12.9. The van der Waals surface area contributed by atoms with Gasteiger partial charge in [0.1, 0.15) is 5.25 Å². The molecular weight excluding hydrogens is 462 g/mol. The summed E-state index contributed by atoms with van der Waals surface area (Å²) in [7, 11) is 0. The molecule has 0 aliphatic carbocycles. The quantitative estimate of drug-likeness (QED) is 0.624. The molecule has 146 valence electrons. The van der Waals surface area contributed by atoms with Gasteiger partial charge in [-0.2, -0.15) is 0 Å². The van der Waals surface area contributed by atoms with Crippen molar-refractivity contribution in [2.75, 3.05) is 11.9 Å². The third-order valence-corrected chi connectivity index (χ3v) is 6.17. The van der Waals surface area contributed by atoms with Crippen LogP contribution in [-0.4, -0.2) is 33.7 Å². The number of hydrogen-bond donors (Lipinski definition) is 1. The predicted octanol–water partition coefficient (Wildman–Crippen LogP) is 5.39. The van der Waals surface area contributed by atoms with Gasteiger partial charge in [0.25, 0.3) is 0 Å². The van der Waals surface area contributed by atoms with Crippen molar-refractivity contribution in [1.82, 2.24) is 4.90 Å². The van der Waals surface area contributed by atoms with E-state index in [9.17, 15) is 9.59 Å². The Kier molecular flexibility index (Phi) is 6.80. The molecule has 1 heterocycles. The summed E-state index contributed by atoms with van der Waals surface area (Å²) >= 11 is 10.7. The van der Waals surface area contributed by atoms with Crippen molar-refractivity contribution in [2.24, 2.45) is 4.99 Å². The normalized spacial score (nSPS) is 18.0. The molecule has 2 aromatic carbocycles. The molecule has 1 N–H and O–H groups in total. The highest BCUT2D eigenvalue weighted by atomic mass is 79.9. The third kappa shape index (κ3) is 4.96. The van der Waals surface area contributed by atoms with E-state index in [0.717, 1.165) is 15.7 Å². The van der Waals surface area contributed by atoms with E-state index in [1.54, 1.807) is 17.0 Å². The Morgan fingerprint density at radius 1 is 1.29 bits per heavy atom. The van der Waals surface area contributed by atoms with Crippen LogP contribution in [0.4, 0.5) is 11.4 Å². The lowest BCUT2D eigenvalue weighted by molar-refractivity contribution is -0.128. The second-order valence-corrected chi connectivity index (χ2v) is 8.79. The third-order valence-electron chi connectivity index (χ3n) is 4.23. The number of nitrogens with zero attached hydrogens (tertiary/aromatic N) is 2. The highest BCUT2D eigenvalue weighted by Gasteiger charge is 2.38. The number of halogens is 2. The molecule has 1 atom stereocenters. The number of carbonyl (C=O) groups is 2. The maximum atomic E-state index is 12.7. The van der Waals surface area contributed by atoms with Gasteiger partial charge in [-0.3, -0.25) is 14.5 Å². The van der Waals surface area contributed by atoms with Crippen molar-refractivity contribution in [3.63, 3.8) is 0 Å². The van der Waals surface area contributed by atoms with Crippen LogP contribution in [0.15, 0.2) is 51.9 Å². The van der Waals surface area contributed by atoms with Gasteiger partial charge in [0.05, 0.1) is 5.69 Å². The summed E-state index contributed by atoms with van der Waals surface area (Å²) in [5.41, 5.74) is 2.33. The Morgan fingerprint density at radius 2 is 2.00 bits per heavy atom. The minimum atomic E-state index is -0.492. The van der Waals surface area contributed by atoms with E-state index in [4.69, 9.17) is 11.6 Å². The Hall–Kier alpha value is -1.83. The average molecular weight is 481 g/mol. The summed E-state index contributed by atoms with van der Waals surface area (Å²) in [5.74, 6) is -0.321. The summed E-state index contributed by atoms with van der Waals surface area (Å²) in [6.45, 7) is 4.29. The SMILES string of the molecule is CCN1C(=O)C(CC(=O)Nc2cc(Cl)ccc2C)SC1=Nc1ccc(Br)cc1. The average Bonchev–Trinajstić information content (AvgIpc) is 2.94. The zero-order chi connectivity index (χ0) is 20.3. The second-order valence-electron chi connectivity index (χ2n) is 6.27. The summed E-state index contributed by atoms with van der Waals surface area (Å²) < 4.78 is 0.963. The van der Waals surface area contributed by atoms with Gasteiger partial charge in [-0.15, -0.1) is 0 Å². The topological polar surface area (TPSA) is 61.8 Å². The van der Waals surface area contributed by atoms with E-state index in [-0.39, 0.29) is 18.2 Å². The standard InChI is InChI=1S/C20H19BrClN3O2S/c1-3-25-19(27)17(28-20(25)23-15-8-5-13(21)6-9-15)11-18(26)24-16-10-14(22)7-4-12(16)2/h4-10,17H,3,11H2,1-2H3,(H,24,26). The van der Waals surface area contributed by atoms with Crippen molar-refractivity contribution in [1.29, 1.82) is 0 Å². The number of amides is 2. The fourth-order valence-corrected chi connectivity index (χ4v) is 4.40. The molecule has 3 rings (SSSR count). The van der Waals surface area contributed by atoms with Gasteiger partial charge >= 0.3 is 0 Å². The molecule has 2 aromatic rings. The van der Waals surface area contributed by atoms with Crippen molar-refractivity contribution >= 4 is 67.6 Å². The molecule has 8 heteroatoms. The summed E-state index contributed by atoms with van der Waals surface area (Å²) in [6.07, 6.45) is 0.0747. The largest absolute Gasteiger partial charge is 0.326 e. The number of hydrogen-bond acceptors (Lipinski definition) is 4. The number of nitrogens with one attached hydrogen (secondary N) is 1. The molecule has 0 radical (unpaired) electrons. The monoisotopic (exact) mass is 479 g/mol. The maximum Gasteiger partial charge on any atom is 0.242 e. The van der Waals surface area contributed by atoms with Crippen molar-refractivity contribution in [3.05, 3.63) is 57.5 Å². The van der Waals surface area contributed by atoms with E-state index < -0.39 is 5.25 Å². The summed E-state index contributed by atoms with van der Waals surface area (Å²) in [4.78, 5) is 31.4. The molecule has 28 heavy (non-hydrogen) atoms. The lowest BCUT2D eigenvalue weighted by Crippen LogP contribution is -2.33. The lowest BCUT2D eigenvalue weighted by atomic mass is 10.2. The Labute approximate surface area is 181 Å². The van der Waals surface area contributed by atoms with Gasteiger partial charge in [0, 0.05) is 28.1 Å². The van der Waals surface area contributed by atoms with Crippen molar-refractivity contribution in [2.45, 2.75) is 25.5 Å². The van der Waals surface area contributed by atoms with E-state index >= 15 is 0 Å². The second kappa shape index (κ2) is 9.11. The van der Waals surface area contributed by atoms with Gasteiger partial charge in [-0.1, -0.05) is 45.4 Å². The van der Waals surface area contributed by atoms with Crippen LogP contribution in [0.25, 0.3) is 0 Å². The molecule has 1 unspecified atom stereocenters. The van der Waals surface area contributed by atoms with Gasteiger partial charge in [0.2, 0.25) is 11.8 Å². The molecule has 1 fully saturated rings. The van der Waals surface area contributed by atoms with Crippen LogP contribution in [0.3, 0.4) is 0 Å². The van der Waals surface area contributed by atoms with Crippen molar-refractivity contribution < 1.29 is 9.59 Å². The first-order chi connectivity index (χ1) is 13.4. The number of thioether (sulfide) groups is 1. The van der Waals surface area contributed by atoms with Crippen molar-refractivity contribution in [3.8, 4) is 0 Å². The summed E-state index contributed by atoms with van der Waals surface area (Å²) in [5, 5.41) is 3.52. The van der Waals surface area contributed by atoms with E-state index in [2.05, 4.69) is 26.2 Å². The highest BCUT2D eigenvalue weighted by molar-refractivity contribution is 9.10. The van der Waals surface area contributed by atoms with Crippen LogP contribution in [0.1, 0.15) is 18.9 Å². The number of benzene rings is 2. The molecule has 1 saturated heterocycles. The molecule has 1 aliphatic heterocycles. The smallest absolute Gasteiger partial charge is 0.242 e. The van der Waals surface area contributed by atoms with Crippen LogP contribution in [0.2, 0.25) is 5.02 Å². The number of amidine groups is 1. The zero-order valence-electron chi connectivity index (χ0n) is 15.4. The Morgan fingerprint density at radius 3 is 2.68 bits per heavy atom. The fraction of sp³-hybridized carbons (Fsp3) is 0.250. The van der Waals surface area contributed by atoms with Crippen LogP contribution in [0, 0.1) is 6.92 Å². The van der Waals surface area contributed by atoms with Gasteiger partial charge < -0.3 is 5.32 Å². The number of carbonyl (C=O) groups excluding carboxylic acids is 2. The first-order valence-corrected chi connectivity index (χ1v) is 10.8. The molecule has 5 nitrogen and oxygen atoms in total. The lowest BCUT2D eigenvalue weighted by Gasteiger charge is -2.13. The first-order valence-electron chi connectivity index (χ1n) is 8.75. The van der Waals surface area contributed by atoms with E-state index in [1.807, 2.05) is 44.2 Å². The molecule has 0 spiro atoms. The van der Waals surface area contributed by atoms with Crippen LogP contribution < -0.4 is 5.32 Å². The fourth-order valence-electron chi connectivity index (χ4n) is 2.74. The molecule has 2 amide bonds. The number of rotatable bonds is 5. The van der Waals surface area contributed by atoms with Crippen LogP contribution >= 0.6 is 39.3 Å². The predicted molar refractivity (Wildman–Crippen MR) is 119 cm³/mol. The van der Waals surface area contributed by atoms with Gasteiger partial charge in [-0.25, -0.2) is 4.99 Å². The molecular formula is C20H19BrClN3O2S. The van der Waals surface area contributed by atoms with Crippen LogP contribution in [-0.2, 0) is 9.59 Å². The Bertz CT molecular complexity index is 934. The molecule has 0 aromatic heterocycles. The molecule has 0 saturated carbocycles. The van der Waals surface area contributed by atoms with Crippen LogP contribution in [0.5, 0.6) is 0 Å². The minimum absolute atomic E-state index is 0.0747. The minimum Gasteiger partial charge on any atom is -0.326 e. The van der Waals surface area contributed by atoms with E-state index in [1.165, 1.54) is 11.8 Å². The zero-order valence-corrected chi connectivity index (χ0v) is 18.6.